The number of hydrogen-bond acceptors (Lipinski definition) is 5. The molecule has 0 saturated heterocycles. The Balaban J connectivity index is 1.84. The number of rotatable bonds is 4. The zero-order chi connectivity index (χ0) is 20.3. The third-order valence-corrected chi connectivity index (χ3v) is 6.05. The Morgan fingerprint density at radius 2 is 1.93 bits per heavy atom. The quantitative estimate of drug-likeness (QED) is 0.816. The number of nitrogens with one attached hydrogen (secondary N) is 2. The van der Waals surface area contributed by atoms with Crippen molar-refractivity contribution in [1.82, 2.24) is 5.32 Å². The predicted molar refractivity (Wildman–Crippen MR) is 109 cm³/mol. The zero-order valence-corrected chi connectivity index (χ0v) is 17.1. The van der Waals surface area contributed by atoms with Gasteiger partial charge in [-0.2, -0.15) is 0 Å². The predicted octanol–water partition coefficient (Wildman–Crippen LogP) is 3.86. The minimum atomic E-state index is -0.814. The maximum atomic E-state index is 12.7. The molecule has 1 aromatic heterocycles. The van der Waals surface area contributed by atoms with Crippen molar-refractivity contribution >= 4 is 34.2 Å². The standard InChI is InChI=1S/C21H24N2O4S/c1-12-4-7-14(8-5-12)11-17(24)22-20-18(19(25)23-21(26)27-3)15-9-6-13(2)10-16(15)28-20/h4-5,7-8,13H,6,9-11H2,1-3H3,(H,22,24)(H,23,25,26). The number of benzene rings is 1. The van der Waals surface area contributed by atoms with E-state index in [9.17, 15) is 14.4 Å². The summed E-state index contributed by atoms with van der Waals surface area (Å²) in [6.45, 7) is 4.17. The van der Waals surface area contributed by atoms with E-state index < -0.39 is 12.0 Å². The molecule has 1 unspecified atom stereocenters. The normalized spacial score (nSPS) is 15.5. The van der Waals surface area contributed by atoms with Crippen molar-refractivity contribution in [1.29, 1.82) is 0 Å². The fourth-order valence-electron chi connectivity index (χ4n) is 3.35. The summed E-state index contributed by atoms with van der Waals surface area (Å²) in [7, 11) is 1.21. The Morgan fingerprint density at radius 1 is 1.21 bits per heavy atom. The molecule has 3 amide bonds. The highest BCUT2D eigenvalue weighted by molar-refractivity contribution is 7.17. The van der Waals surface area contributed by atoms with Gasteiger partial charge in [-0.05, 0) is 43.2 Å². The van der Waals surface area contributed by atoms with Crippen LogP contribution in [0.5, 0.6) is 0 Å². The van der Waals surface area contributed by atoms with Gasteiger partial charge in [-0.15, -0.1) is 11.3 Å². The van der Waals surface area contributed by atoms with Gasteiger partial charge in [0.25, 0.3) is 5.91 Å². The molecule has 1 aliphatic carbocycles. The lowest BCUT2D eigenvalue weighted by Gasteiger charge is -2.18. The van der Waals surface area contributed by atoms with Crippen LogP contribution in [0.15, 0.2) is 24.3 Å². The summed E-state index contributed by atoms with van der Waals surface area (Å²) >= 11 is 1.43. The molecule has 0 spiro atoms. The van der Waals surface area contributed by atoms with E-state index in [2.05, 4.69) is 22.3 Å². The first-order valence-corrected chi connectivity index (χ1v) is 10.1. The van der Waals surface area contributed by atoms with Crippen molar-refractivity contribution in [2.24, 2.45) is 5.92 Å². The maximum absolute atomic E-state index is 12.7. The molecule has 2 N–H and O–H groups in total. The van der Waals surface area contributed by atoms with Gasteiger partial charge in [-0.25, -0.2) is 4.79 Å². The van der Waals surface area contributed by atoms with Crippen molar-refractivity contribution in [2.45, 2.75) is 39.5 Å². The Hall–Kier alpha value is -2.67. The van der Waals surface area contributed by atoms with Crippen LogP contribution in [0.2, 0.25) is 0 Å². The molecule has 3 rings (SSSR count). The first kappa shape index (κ1) is 20.1. The minimum Gasteiger partial charge on any atom is -0.453 e. The van der Waals surface area contributed by atoms with E-state index in [1.807, 2.05) is 31.2 Å². The smallest absolute Gasteiger partial charge is 0.413 e. The molecule has 1 heterocycles. The van der Waals surface area contributed by atoms with Crippen LogP contribution < -0.4 is 10.6 Å². The third-order valence-electron chi connectivity index (χ3n) is 4.88. The largest absolute Gasteiger partial charge is 0.453 e. The number of imide groups is 1. The number of hydrogen-bond donors (Lipinski definition) is 2. The van der Waals surface area contributed by atoms with E-state index in [1.165, 1.54) is 18.4 Å². The summed E-state index contributed by atoms with van der Waals surface area (Å²) < 4.78 is 4.53. The molecule has 7 heteroatoms. The van der Waals surface area contributed by atoms with E-state index in [0.717, 1.165) is 40.8 Å². The van der Waals surface area contributed by atoms with Gasteiger partial charge in [0.05, 0.1) is 19.1 Å². The Labute approximate surface area is 168 Å². The number of ether oxygens (including phenoxy) is 1. The second-order valence-electron chi connectivity index (χ2n) is 7.21. The van der Waals surface area contributed by atoms with Crippen LogP contribution in [0.4, 0.5) is 9.80 Å². The van der Waals surface area contributed by atoms with Crippen molar-refractivity contribution in [3.05, 3.63) is 51.4 Å². The summed E-state index contributed by atoms with van der Waals surface area (Å²) in [5, 5.41) is 5.60. The zero-order valence-electron chi connectivity index (χ0n) is 16.3. The summed E-state index contributed by atoms with van der Waals surface area (Å²) in [4.78, 5) is 37.8. The number of aryl methyl sites for hydroxylation is 1. The Morgan fingerprint density at radius 3 is 2.61 bits per heavy atom. The Bertz CT molecular complexity index is 902. The highest BCUT2D eigenvalue weighted by atomic mass is 32.1. The second kappa shape index (κ2) is 8.56. The summed E-state index contributed by atoms with van der Waals surface area (Å²) in [6.07, 6.45) is 2.00. The van der Waals surface area contributed by atoms with Crippen molar-refractivity contribution in [2.75, 3.05) is 12.4 Å². The van der Waals surface area contributed by atoms with Gasteiger partial charge in [0.15, 0.2) is 0 Å². The van der Waals surface area contributed by atoms with E-state index in [1.54, 1.807) is 0 Å². The molecule has 148 valence electrons. The summed E-state index contributed by atoms with van der Waals surface area (Å²) in [5.41, 5.74) is 3.34. The number of anilines is 1. The molecule has 28 heavy (non-hydrogen) atoms. The lowest BCUT2D eigenvalue weighted by Crippen LogP contribution is -2.31. The van der Waals surface area contributed by atoms with Crippen molar-refractivity contribution in [3.63, 3.8) is 0 Å². The molecule has 1 aliphatic rings. The van der Waals surface area contributed by atoms with Crippen molar-refractivity contribution in [3.8, 4) is 0 Å². The van der Waals surface area contributed by atoms with Crippen LogP contribution in [0, 0.1) is 12.8 Å². The number of carbonyl (C=O) groups excluding carboxylic acids is 3. The molecular weight excluding hydrogens is 376 g/mol. The van der Waals surface area contributed by atoms with E-state index in [0.29, 0.717) is 16.5 Å². The van der Waals surface area contributed by atoms with Gasteiger partial charge in [0.1, 0.15) is 5.00 Å². The lowest BCUT2D eigenvalue weighted by molar-refractivity contribution is -0.115. The first-order chi connectivity index (χ1) is 13.4. The molecule has 1 atom stereocenters. The average molecular weight is 401 g/mol. The number of carbonyl (C=O) groups is 3. The number of thiophene rings is 1. The number of fused-ring (bicyclic) bond motifs is 1. The first-order valence-electron chi connectivity index (χ1n) is 9.26. The van der Waals surface area contributed by atoms with E-state index in [4.69, 9.17) is 0 Å². The summed E-state index contributed by atoms with van der Waals surface area (Å²) in [5.74, 6) is -0.203. The van der Waals surface area contributed by atoms with Crippen LogP contribution in [0.3, 0.4) is 0 Å². The average Bonchev–Trinajstić information content (AvgIpc) is 3.00. The minimum absolute atomic E-state index is 0.192. The number of methoxy groups -OCH3 is 1. The molecule has 1 aromatic carbocycles. The number of alkyl carbamates (subject to hydrolysis) is 1. The van der Waals surface area contributed by atoms with Crippen LogP contribution in [-0.2, 0) is 28.8 Å². The van der Waals surface area contributed by atoms with Crippen LogP contribution in [-0.4, -0.2) is 25.0 Å². The van der Waals surface area contributed by atoms with Crippen molar-refractivity contribution < 1.29 is 19.1 Å². The van der Waals surface area contributed by atoms with E-state index in [-0.39, 0.29) is 12.3 Å². The summed E-state index contributed by atoms with van der Waals surface area (Å²) in [6, 6.07) is 7.76. The fraction of sp³-hybridized carbons (Fsp3) is 0.381. The highest BCUT2D eigenvalue weighted by Crippen LogP contribution is 2.39. The molecule has 2 aromatic rings. The lowest BCUT2D eigenvalue weighted by atomic mass is 9.88. The molecule has 6 nitrogen and oxygen atoms in total. The molecule has 0 radical (unpaired) electrons. The molecular formula is C21H24N2O4S. The maximum Gasteiger partial charge on any atom is 0.413 e. The Kier molecular flexibility index (Phi) is 6.14. The molecule has 0 bridgehead atoms. The SMILES string of the molecule is COC(=O)NC(=O)c1c(NC(=O)Cc2ccc(C)cc2)sc2c1CCC(C)C2. The van der Waals surface area contributed by atoms with Gasteiger partial charge < -0.3 is 10.1 Å². The fourth-order valence-corrected chi connectivity index (χ4v) is 4.77. The van der Waals surface area contributed by atoms with Gasteiger partial charge in [-0.1, -0.05) is 36.8 Å². The van der Waals surface area contributed by atoms with Crippen LogP contribution in [0.1, 0.15) is 45.3 Å². The van der Waals surface area contributed by atoms with Crippen LogP contribution in [0.25, 0.3) is 0 Å². The monoisotopic (exact) mass is 400 g/mol. The second-order valence-corrected chi connectivity index (χ2v) is 8.32. The molecule has 0 saturated carbocycles. The van der Waals surface area contributed by atoms with E-state index >= 15 is 0 Å². The number of amides is 3. The topological polar surface area (TPSA) is 84.5 Å². The van der Waals surface area contributed by atoms with Crippen LogP contribution >= 0.6 is 11.3 Å². The molecule has 0 aliphatic heterocycles. The van der Waals surface area contributed by atoms with Gasteiger partial charge in [0.2, 0.25) is 5.91 Å². The van der Waals surface area contributed by atoms with Gasteiger partial charge in [0, 0.05) is 4.88 Å². The van der Waals surface area contributed by atoms with Gasteiger partial charge >= 0.3 is 6.09 Å². The highest BCUT2D eigenvalue weighted by Gasteiger charge is 2.29. The molecule has 0 fully saturated rings. The van der Waals surface area contributed by atoms with Gasteiger partial charge in [-0.3, -0.25) is 14.9 Å². The third kappa shape index (κ3) is 4.59.